The Bertz CT molecular complexity index is 1400. The average molecular weight is 461 g/mol. The summed E-state index contributed by atoms with van der Waals surface area (Å²) in [5, 5.41) is 13.0. The smallest absolute Gasteiger partial charge is 0.292 e. The van der Waals surface area contributed by atoms with Gasteiger partial charge in [-0.3, -0.25) is 14.2 Å². The number of amides is 1. The number of carbonyl (C=O) groups is 1. The van der Waals surface area contributed by atoms with Gasteiger partial charge in [0.15, 0.2) is 5.52 Å². The van der Waals surface area contributed by atoms with Gasteiger partial charge in [-0.1, -0.05) is 11.2 Å². The summed E-state index contributed by atoms with van der Waals surface area (Å²) in [6, 6.07) is 10.3. The maximum atomic E-state index is 13.0. The second-order valence-electron chi connectivity index (χ2n) is 7.86. The molecule has 11 heteroatoms. The number of ether oxygens (including phenoxy) is 1. The van der Waals surface area contributed by atoms with E-state index in [2.05, 4.69) is 31.1 Å². The molecule has 0 spiro atoms. The molecule has 11 nitrogen and oxygen atoms in total. The molecule has 0 aromatic carbocycles. The van der Waals surface area contributed by atoms with Crippen molar-refractivity contribution >= 4 is 34.1 Å². The topological polar surface area (TPSA) is 136 Å². The van der Waals surface area contributed by atoms with Crippen LogP contribution in [-0.2, 0) is 4.74 Å². The van der Waals surface area contributed by atoms with E-state index in [4.69, 9.17) is 9.26 Å². The summed E-state index contributed by atoms with van der Waals surface area (Å²) in [4.78, 5) is 34.7. The highest BCUT2D eigenvalue weighted by molar-refractivity contribution is 6.05. The standard InChI is InChI=1S/C23H23N7O4/c1-24-15-12-17(26-14-6-5-11-30(23(14)32)18-7-3-4-10-25-18)28-20-19(15)29-34-21(20)22(31)27-13-8-9-16(13)33-2/h3-7,10-13,16,24H,8-9H2,1-2H3,(H,26,28)(H,27,31)/t13-,16-/m1/s1. The maximum Gasteiger partial charge on any atom is 0.292 e. The van der Waals surface area contributed by atoms with E-state index in [0.29, 0.717) is 28.5 Å². The lowest BCUT2D eigenvalue weighted by Gasteiger charge is -2.35. The second-order valence-corrected chi connectivity index (χ2v) is 7.86. The Morgan fingerprint density at radius 1 is 1.18 bits per heavy atom. The van der Waals surface area contributed by atoms with Gasteiger partial charge < -0.3 is 25.2 Å². The summed E-state index contributed by atoms with van der Waals surface area (Å²) >= 11 is 0. The number of methoxy groups -OCH3 is 1. The highest BCUT2D eigenvalue weighted by atomic mass is 16.5. The summed E-state index contributed by atoms with van der Waals surface area (Å²) in [6.45, 7) is 0. The van der Waals surface area contributed by atoms with Gasteiger partial charge in [0.25, 0.3) is 11.5 Å². The molecule has 174 valence electrons. The summed E-state index contributed by atoms with van der Waals surface area (Å²) in [5.74, 6) is 0.427. The van der Waals surface area contributed by atoms with Gasteiger partial charge in [-0.2, -0.15) is 0 Å². The number of nitrogens with zero attached hydrogens (tertiary/aromatic N) is 4. The first-order valence-electron chi connectivity index (χ1n) is 10.8. The van der Waals surface area contributed by atoms with Gasteiger partial charge in [-0.25, -0.2) is 9.97 Å². The fourth-order valence-electron chi connectivity index (χ4n) is 3.88. The van der Waals surface area contributed by atoms with Crippen LogP contribution in [0.2, 0.25) is 0 Å². The van der Waals surface area contributed by atoms with Crippen molar-refractivity contribution in [2.24, 2.45) is 0 Å². The van der Waals surface area contributed by atoms with Crippen LogP contribution in [0.25, 0.3) is 16.9 Å². The molecule has 4 heterocycles. The number of hydrogen-bond donors (Lipinski definition) is 3. The normalized spacial score (nSPS) is 17.2. The van der Waals surface area contributed by atoms with E-state index in [1.807, 2.05) is 0 Å². The van der Waals surface area contributed by atoms with Crippen molar-refractivity contribution in [1.82, 2.24) is 25.0 Å². The predicted molar refractivity (Wildman–Crippen MR) is 126 cm³/mol. The quantitative estimate of drug-likeness (QED) is 0.379. The molecule has 0 radical (unpaired) electrons. The largest absolute Gasteiger partial charge is 0.386 e. The Hall–Kier alpha value is -4.25. The molecule has 0 saturated heterocycles. The molecular formula is C23H23N7O4. The zero-order valence-corrected chi connectivity index (χ0v) is 18.6. The van der Waals surface area contributed by atoms with Crippen molar-refractivity contribution in [3.63, 3.8) is 0 Å². The van der Waals surface area contributed by atoms with Crippen LogP contribution in [-0.4, -0.2) is 51.9 Å². The second kappa shape index (κ2) is 8.94. The van der Waals surface area contributed by atoms with E-state index in [0.717, 1.165) is 12.8 Å². The summed E-state index contributed by atoms with van der Waals surface area (Å²) < 4.78 is 12.1. The number of aromatic nitrogens is 4. The minimum Gasteiger partial charge on any atom is -0.386 e. The Morgan fingerprint density at radius 3 is 2.76 bits per heavy atom. The molecule has 2 atom stereocenters. The molecule has 4 aromatic heterocycles. The van der Waals surface area contributed by atoms with Gasteiger partial charge in [-0.05, 0) is 37.1 Å². The third-order valence-corrected chi connectivity index (χ3v) is 5.85. The SMILES string of the molecule is CNc1cc(Nc2cccn(-c3ccccn3)c2=O)nc2c(C(=O)N[C@@H]3CC[C@H]3OC)onc12. The molecule has 1 amide bonds. The fourth-order valence-corrected chi connectivity index (χ4v) is 3.88. The Balaban J connectivity index is 1.48. The van der Waals surface area contributed by atoms with Crippen LogP contribution in [0.4, 0.5) is 17.2 Å². The summed E-state index contributed by atoms with van der Waals surface area (Å²) in [6.07, 6.45) is 4.96. The number of carbonyl (C=O) groups excluding carboxylic acids is 1. The zero-order valence-electron chi connectivity index (χ0n) is 18.6. The van der Waals surface area contributed by atoms with Crippen LogP contribution in [0.3, 0.4) is 0 Å². The maximum absolute atomic E-state index is 13.0. The van der Waals surface area contributed by atoms with E-state index in [-0.39, 0.29) is 29.0 Å². The molecular weight excluding hydrogens is 438 g/mol. The van der Waals surface area contributed by atoms with Gasteiger partial charge in [0.2, 0.25) is 5.76 Å². The lowest BCUT2D eigenvalue weighted by Crippen LogP contribution is -2.51. The lowest BCUT2D eigenvalue weighted by molar-refractivity contribution is 0.00678. The molecule has 0 unspecified atom stereocenters. The van der Waals surface area contributed by atoms with Crippen LogP contribution in [0.5, 0.6) is 0 Å². The molecule has 5 rings (SSSR count). The minimum atomic E-state index is -0.418. The van der Waals surface area contributed by atoms with Crippen LogP contribution >= 0.6 is 0 Å². The monoisotopic (exact) mass is 461 g/mol. The number of fused-ring (bicyclic) bond motifs is 1. The molecule has 1 aliphatic rings. The Labute approximate surface area is 194 Å². The first kappa shape index (κ1) is 21.6. The van der Waals surface area contributed by atoms with Gasteiger partial charge in [-0.15, -0.1) is 0 Å². The van der Waals surface area contributed by atoms with Crippen molar-refractivity contribution < 1.29 is 14.1 Å². The van der Waals surface area contributed by atoms with Crippen LogP contribution in [0, 0.1) is 0 Å². The number of hydrogen-bond acceptors (Lipinski definition) is 9. The molecule has 1 aliphatic carbocycles. The van der Waals surface area contributed by atoms with Gasteiger partial charge in [0, 0.05) is 32.6 Å². The minimum absolute atomic E-state index is 0.00383. The predicted octanol–water partition coefficient (Wildman–Crippen LogP) is 2.46. The van der Waals surface area contributed by atoms with Crippen molar-refractivity contribution in [3.8, 4) is 5.82 Å². The molecule has 3 N–H and O–H groups in total. The third-order valence-electron chi connectivity index (χ3n) is 5.85. The van der Waals surface area contributed by atoms with Crippen LogP contribution in [0.1, 0.15) is 23.4 Å². The first-order chi connectivity index (χ1) is 16.6. The zero-order chi connectivity index (χ0) is 23.7. The fraction of sp³-hybridized carbons (Fsp3) is 0.261. The van der Waals surface area contributed by atoms with E-state index in [9.17, 15) is 9.59 Å². The Morgan fingerprint density at radius 2 is 2.06 bits per heavy atom. The van der Waals surface area contributed by atoms with E-state index in [1.54, 1.807) is 62.9 Å². The number of pyridine rings is 3. The molecule has 1 fully saturated rings. The van der Waals surface area contributed by atoms with Gasteiger partial charge >= 0.3 is 0 Å². The van der Waals surface area contributed by atoms with Gasteiger partial charge in [0.05, 0.1) is 17.8 Å². The first-order valence-corrected chi connectivity index (χ1v) is 10.8. The number of anilines is 3. The van der Waals surface area contributed by atoms with Crippen LogP contribution < -0.4 is 21.5 Å². The van der Waals surface area contributed by atoms with E-state index < -0.39 is 5.91 Å². The highest BCUT2D eigenvalue weighted by Gasteiger charge is 2.34. The number of nitrogens with one attached hydrogen (secondary N) is 3. The lowest BCUT2D eigenvalue weighted by atomic mass is 9.89. The average Bonchev–Trinajstić information content (AvgIpc) is 3.27. The van der Waals surface area contributed by atoms with Crippen molar-refractivity contribution in [2.45, 2.75) is 25.0 Å². The number of rotatable bonds is 7. The third kappa shape index (κ3) is 3.86. The van der Waals surface area contributed by atoms with Gasteiger partial charge in [0.1, 0.15) is 22.8 Å². The van der Waals surface area contributed by atoms with Crippen molar-refractivity contribution in [3.05, 3.63) is 64.9 Å². The molecule has 0 bridgehead atoms. The van der Waals surface area contributed by atoms with E-state index >= 15 is 0 Å². The molecule has 0 aliphatic heterocycles. The Kier molecular flexibility index (Phi) is 5.68. The highest BCUT2D eigenvalue weighted by Crippen LogP contribution is 2.29. The van der Waals surface area contributed by atoms with E-state index in [1.165, 1.54) is 4.57 Å². The molecule has 34 heavy (non-hydrogen) atoms. The molecule has 4 aromatic rings. The molecule has 1 saturated carbocycles. The summed E-state index contributed by atoms with van der Waals surface area (Å²) in [5.41, 5.74) is 1.28. The van der Waals surface area contributed by atoms with Crippen molar-refractivity contribution in [2.75, 3.05) is 24.8 Å². The van der Waals surface area contributed by atoms with Crippen LogP contribution in [0.15, 0.2) is 58.1 Å². The van der Waals surface area contributed by atoms with Crippen molar-refractivity contribution in [1.29, 1.82) is 0 Å². The summed E-state index contributed by atoms with van der Waals surface area (Å²) in [7, 11) is 3.35.